The second-order valence-corrected chi connectivity index (χ2v) is 8.35. The summed E-state index contributed by atoms with van der Waals surface area (Å²) in [5.74, 6) is -0.0350. The number of nitrogens with zero attached hydrogens (tertiary/aromatic N) is 4. The zero-order valence-corrected chi connectivity index (χ0v) is 16.3. The topological polar surface area (TPSA) is 96.7 Å². The molecule has 0 radical (unpaired) electrons. The number of para-hydroxylation sites is 1. The SMILES string of the molecule is Cc1nn(-c2ccccc2)c(C)c1NC(=O)C1=CN2CCS(=O)(=O)N=C2C=C1. The molecule has 0 unspecified atom stereocenters. The molecule has 1 aromatic carbocycles. The third kappa shape index (κ3) is 3.36. The van der Waals surface area contributed by atoms with Gasteiger partial charge in [-0.15, -0.1) is 4.40 Å². The van der Waals surface area contributed by atoms with Gasteiger partial charge in [0.05, 0.1) is 34.1 Å². The van der Waals surface area contributed by atoms with Crippen molar-refractivity contribution in [2.45, 2.75) is 13.8 Å². The second kappa shape index (κ2) is 6.75. The standard InChI is InChI=1S/C19H19N5O3S/c1-13-18(14(2)24(21-13)16-6-4-3-5-7-16)20-19(25)15-8-9-17-22-28(26,27)11-10-23(17)12-15/h3-9,12H,10-11H2,1-2H3,(H,20,25). The average Bonchev–Trinajstić information content (AvgIpc) is 2.96. The van der Waals surface area contributed by atoms with Crippen LogP contribution in [-0.2, 0) is 14.8 Å². The molecule has 28 heavy (non-hydrogen) atoms. The molecule has 3 heterocycles. The molecule has 0 spiro atoms. The van der Waals surface area contributed by atoms with Crippen LogP contribution in [0.1, 0.15) is 11.4 Å². The molecule has 0 bridgehead atoms. The van der Waals surface area contributed by atoms with Gasteiger partial charge in [0.1, 0.15) is 5.84 Å². The van der Waals surface area contributed by atoms with E-state index in [0.717, 1.165) is 11.4 Å². The molecular weight excluding hydrogens is 378 g/mol. The van der Waals surface area contributed by atoms with Crippen LogP contribution in [0.4, 0.5) is 5.69 Å². The maximum Gasteiger partial charge on any atom is 0.257 e. The molecular formula is C19H19N5O3S. The van der Waals surface area contributed by atoms with E-state index in [-0.39, 0.29) is 18.2 Å². The van der Waals surface area contributed by atoms with Gasteiger partial charge in [0.25, 0.3) is 15.9 Å². The van der Waals surface area contributed by atoms with E-state index in [1.807, 2.05) is 44.2 Å². The van der Waals surface area contributed by atoms with Crippen LogP contribution >= 0.6 is 0 Å². The van der Waals surface area contributed by atoms with Gasteiger partial charge in [0.2, 0.25) is 0 Å². The summed E-state index contributed by atoms with van der Waals surface area (Å²) in [7, 11) is -3.42. The van der Waals surface area contributed by atoms with E-state index >= 15 is 0 Å². The van der Waals surface area contributed by atoms with Crippen LogP contribution in [0, 0.1) is 13.8 Å². The van der Waals surface area contributed by atoms with Gasteiger partial charge in [0.15, 0.2) is 0 Å². The number of carbonyl (C=O) groups is 1. The first-order valence-electron chi connectivity index (χ1n) is 8.76. The Labute approximate surface area is 162 Å². The van der Waals surface area contributed by atoms with E-state index in [9.17, 15) is 13.2 Å². The lowest BCUT2D eigenvalue weighted by molar-refractivity contribution is -0.112. The molecule has 4 rings (SSSR count). The summed E-state index contributed by atoms with van der Waals surface area (Å²) in [6.45, 7) is 4.01. The molecule has 0 saturated heterocycles. The predicted molar refractivity (Wildman–Crippen MR) is 107 cm³/mol. The van der Waals surface area contributed by atoms with Crippen molar-refractivity contribution in [1.29, 1.82) is 0 Å². The highest BCUT2D eigenvalue weighted by molar-refractivity contribution is 7.90. The quantitative estimate of drug-likeness (QED) is 0.854. The molecule has 1 aromatic heterocycles. The molecule has 2 aliphatic rings. The van der Waals surface area contributed by atoms with Gasteiger partial charge < -0.3 is 10.2 Å². The number of anilines is 1. The first-order chi connectivity index (χ1) is 13.3. The number of benzene rings is 1. The highest BCUT2D eigenvalue weighted by Gasteiger charge is 2.25. The molecule has 0 saturated carbocycles. The van der Waals surface area contributed by atoms with Gasteiger partial charge in [-0.2, -0.15) is 5.10 Å². The number of carbonyl (C=O) groups excluding carboxylic acids is 1. The highest BCUT2D eigenvalue weighted by atomic mass is 32.2. The highest BCUT2D eigenvalue weighted by Crippen LogP contribution is 2.24. The number of aryl methyl sites for hydroxylation is 1. The summed E-state index contributed by atoms with van der Waals surface area (Å²) in [5, 5.41) is 7.45. The van der Waals surface area contributed by atoms with Crippen molar-refractivity contribution in [2.24, 2.45) is 4.40 Å². The first-order valence-corrected chi connectivity index (χ1v) is 10.4. The lowest BCUT2D eigenvalue weighted by atomic mass is 10.1. The zero-order chi connectivity index (χ0) is 19.9. The van der Waals surface area contributed by atoms with Gasteiger partial charge in [-0.3, -0.25) is 4.79 Å². The molecule has 8 nitrogen and oxygen atoms in total. The minimum atomic E-state index is -3.42. The number of amidine groups is 1. The van der Waals surface area contributed by atoms with Crippen molar-refractivity contribution >= 4 is 27.5 Å². The van der Waals surface area contributed by atoms with Gasteiger partial charge >= 0.3 is 0 Å². The minimum absolute atomic E-state index is 0.0716. The zero-order valence-electron chi connectivity index (χ0n) is 15.5. The summed E-state index contributed by atoms with van der Waals surface area (Å²) < 4.78 is 28.7. The molecule has 2 aromatic rings. The Morgan fingerprint density at radius 1 is 1.14 bits per heavy atom. The van der Waals surface area contributed by atoms with Crippen molar-refractivity contribution in [3.8, 4) is 5.69 Å². The van der Waals surface area contributed by atoms with E-state index in [1.54, 1.807) is 27.9 Å². The van der Waals surface area contributed by atoms with Crippen LogP contribution in [0.15, 0.2) is 58.7 Å². The van der Waals surface area contributed by atoms with E-state index in [2.05, 4.69) is 14.8 Å². The van der Waals surface area contributed by atoms with Gasteiger partial charge in [-0.05, 0) is 38.1 Å². The number of sulfonamides is 1. The van der Waals surface area contributed by atoms with E-state index < -0.39 is 10.0 Å². The average molecular weight is 397 g/mol. The Morgan fingerprint density at radius 3 is 2.64 bits per heavy atom. The number of fused-ring (bicyclic) bond motifs is 1. The van der Waals surface area contributed by atoms with Crippen molar-refractivity contribution in [3.05, 3.63) is 65.6 Å². The summed E-state index contributed by atoms with van der Waals surface area (Å²) in [6.07, 6.45) is 4.73. The van der Waals surface area contributed by atoms with Crippen LogP contribution < -0.4 is 5.32 Å². The van der Waals surface area contributed by atoms with Crippen molar-refractivity contribution < 1.29 is 13.2 Å². The Hall–Kier alpha value is -3.20. The third-order valence-corrected chi connectivity index (χ3v) is 5.78. The second-order valence-electron chi connectivity index (χ2n) is 6.59. The first kappa shape index (κ1) is 18.2. The fraction of sp³-hybridized carbons (Fsp3) is 0.211. The lowest BCUT2D eigenvalue weighted by Gasteiger charge is -2.26. The van der Waals surface area contributed by atoms with E-state index in [0.29, 0.717) is 22.8 Å². The van der Waals surface area contributed by atoms with Crippen molar-refractivity contribution in [3.63, 3.8) is 0 Å². The molecule has 0 fully saturated rings. The van der Waals surface area contributed by atoms with Crippen LogP contribution in [-0.4, -0.2) is 47.1 Å². The minimum Gasteiger partial charge on any atom is -0.330 e. The Morgan fingerprint density at radius 2 is 1.89 bits per heavy atom. The summed E-state index contributed by atoms with van der Waals surface area (Å²) in [6, 6.07) is 9.69. The van der Waals surface area contributed by atoms with Crippen LogP contribution in [0.25, 0.3) is 5.69 Å². The molecule has 0 atom stereocenters. The maximum atomic E-state index is 12.8. The maximum absolute atomic E-state index is 12.8. The monoisotopic (exact) mass is 397 g/mol. The van der Waals surface area contributed by atoms with Crippen LogP contribution in [0.5, 0.6) is 0 Å². The fourth-order valence-corrected chi connectivity index (χ4v) is 4.13. The summed E-state index contributed by atoms with van der Waals surface area (Å²) in [5.41, 5.74) is 3.52. The summed E-state index contributed by atoms with van der Waals surface area (Å²) >= 11 is 0. The van der Waals surface area contributed by atoms with Gasteiger partial charge in [-0.25, -0.2) is 13.1 Å². The lowest BCUT2D eigenvalue weighted by Crippen LogP contribution is -2.37. The molecule has 1 amide bonds. The molecule has 0 aliphatic carbocycles. The Bertz CT molecular complexity index is 1140. The normalized spacial score (nSPS) is 17.6. The number of amides is 1. The fourth-order valence-electron chi connectivity index (χ4n) is 3.17. The molecule has 2 aliphatic heterocycles. The van der Waals surface area contributed by atoms with Crippen LogP contribution in [0.2, 0.25) is 0 Å². The van der Waals surface area contributed by atoms with Crippen LogP contribution in [0.3, 0.4) is 0 Å². The van der Waals surface area contributed by atoms with Crippen molar-refractivity contribution in [2.75, 3.05) is 17.6 Å². The molecule has 144 valence electrons. The number of hydrogen-bond acceptors (Lipinski definition) is 5. The number of nitrogens with one attached hydrogen (secondary N) is 1. The summed E-state index contributed by atoms with van der Waals surface area (Å²) in [4.78, 5) is 14.4. The Balaban J connectivity index is 1.58. The van der Waals surface area contributed by atoms with E-state index in [4.69, 9.17) is 0 Å². The Kier molecular flexibility index (Phi) is 4.38. The predicted octanol–water partition coefficient (Wildman–Crippen LogP) is 1.93. The van der Waals surface area contributed by atoms with Gasteiger partial charge in [-0.1, -0.05) is 18.2 Å². The van der Waals surface area contributed by atoms with E-state index in [1.165, 1.54) is 0 Å². The third-order valence-electron chi connectivity index (χ3n) is 4.62. The van der Waals surface area contributed by atoms with Crippen molar-refractivity contribution in [1.82, 2.24) is 14.7 Å². The number of rotatable bonds is 3. The number of aromatic nitrogens is 2. The molecule has 9 heteroatoms. The molecule has 1 N–H and O–H groups in total. The smallest absolute Gasteiger partial charge is 0.257 e. The largest absolute Gasteiger partial charge is 0.330 e. The number of hydrogen-bond donors (Lipinski definition) is 1. The van der Waals surface area contributed by atoms with Gasteiger partial charge in [0, 0.05) is 12.7 Å².